The SMILES string of the molecule is Cc1ccc([C@@H](CNC(=O)c2cnn(-c3ccccc3C(F)(F)F)c2C)N2CCOCC2)o1. The van der Waals surface area contributed by atoms with E-state index < -0.39 is 17.6 Å². The summed E-state index contributed by atoms with van der Waals surface area (Å²) in [5, 5.41) is 6.97. The molecular weight excluding hydrogens is 437 g/mol. The molecule has 0 bridgehead atoms. The topological polar surface area (TPSA) is 72.5 Å². The minimum atomic E-state index is -4.54. The number of amides is 1. The Labute approximate surface area is 189 Å². The first kappa shape index (κ1) is 23.1. The molecule has 10 heteroatoms. The number of hydrogen-bond acceptors (Lipinski definition) is 5. The van der Waals surface area contributed by atoms with E-state index in [0.29, 0.717) is 32.0 Å². The van der Waals surface area contributed by atoms with Crippen molar-refractivity contribution in [3.05, 3.63) is 70.9 Å². The standard InChI is InChI=1S/C23H25F3N4O3/c1-15-7-8-21(33-15)20(29-9-11-32-12-10-29)14-27-22(31)17-13-28-30(16(17)2)19-6-4-3-5-18(19)23(24,25)26/h3-8,13,20H,9-12,14H2,1-2H3,(H,27,31)/t20-/m1/s1. The van der Waals surface area contributed by atoms with Crippen molar-refractivity contribution in [1.29, 1.82) is 0 Å². The second kappa shape index (κ2) is 9.40. The number of carbonyl (C=O) groups is 1. The number of para-hydroxylation sites is 1. The number of furan rings is 1. The van der Waals surface area contributed by atoms with Crippen LogP contribution in [0.4, 0.5) is 13.2 Å². The first-order valence-electron chi connectivity index (χ1n) is 10.6. The van der Waals surface area contributed by atoms with Crippen LogP contribution in [0.25, 0.3) is 5.69 Å². The van der Waals surface area contributed by atoms with Gasteiger partial charge in [-0.15, -0.1) is 0 Å². The Morgan fingerprint density at radius 2 is 1.88 bits per heavy atom. The normalized spacial score (nSPS) is 16.0. The van der Waals surface area contributed by atoms with E-state index in [1.165, 1.54) is 24.4 Å². The van der Waals surface area contributed by atoms with Crippen LogP contribution in [0.2, 0.25) is 0 Å². The number of aromatic nitrogens is 2. The van der Waals surface area contributed by atoms with Gasteiger partial charge in [0.05, 0.1) is 48.0 Å². The number of rotatable bonds is 6. The molecule has 7 nitrogen and oxygen atoms in total. The van der Waals surface area contributed by atoms with Gasteiger partial charge in [-0.05, 0) is 38.1 Å². The highest BCUT2D eigenvalue weighted by molar-refractivity contribution is 5.95. The molecule has 1 aliphatic rings. The lowest BCUT2D eigenvalue weighted by atomic mass is 10.1. The fourth-order valence-electron chi connectivity index (χ4n) is 3.99. The predicted octanol–water partition coefficient (Wildman–Crippen LogP) is 3.90. The lowest BCUT2D eigenvalue weighted by Gasteiger charge is -2.33. The minimum Gasteiger partial charge on any atom is -0.465 e. The van der Waals surface area contributed by atoms with E-state index in [4.69, 9.17) is 9.15 Å². The van der Waals surface area contributed by atoms with Gasteiger partial charge >= 0.3 is 6.18 Å². The highest BCUT2D eigenvalue weighted by Gasteiger charge is 2.34. The Morgan fingerprint density at radius 3 is 2.55 bits per heavy atom. The Balaban J connectivity index is 1.54. The van der Waals surface area contributed by atoms with Crippen LogP contribution in [-0.2, 0) is 10.9 Å². The second-order valence-corrected chi connectivity index (χ2v) is 7.89. The minimum absolute atomic E-state index is 0.126. The molecule has 176 valence electrons. The molecule has 1 N–H and O–H groups in total. The summed E-state index contributed by atoms with van der Waals surface area (Å²) < 4.78 is 52.7. The summed E-state index contributed by atoms with van der Waals surface area (Å²) in [6.45, 7) is 6.29. The van der Waals surface area contributed by atoms with E-state index in [1.807, 2.05) is 19.1 Å². The van der Waals surface area contributed by atoms with Gasteiger partial charge in [0.15, 0.2) is 0 Å². The fourth-order valence-corrected chi connectivity index (χ4v) is 3.99. The van der Waals surface area contributed by atoms with Crippen molar-refractivity contribution >= 4 is 5.91 Å². The second-order valence-electron chi connectivity index (χ2n) is 7.89. The third kappa shape index (κ3) is 4.96. The highest BCUT2D eigenvalue weighted by Crippen LogP contribution is 2.34. The molecule has 1 aliphatic heterocycles. The van der Waals surface area contributed by atoms with Crippen LogP contribution in [-0.4, -0.2) is 53.4 Å². The van der Waals surface area contributed by atoms with Crippen LogP contribution in [0.15, 0.2) is 47.0 Å². The van der Waals surface area contributed by atoms with Crippen LogP contribution >= 0.6 is 0 Å². The number of morpholine rings is 1. The maximum absolute atomic E-state index is 13.4. The average molecular weight is 462 g/mol. The van der Waals surface area contributed by atoms with Gasteiger partial charge in [0.25, 0.3) is 5.91 Å². The molecule has 1 amide bonds. The number of aryl methyl sites for hydroxylation is 1. The molecule has 1 saturated heterocycles. The van der Waals surface area contributed by atoms with Crippen LogP contribution < -0.4 is 5.32 Å². The van der Waals surface area contributed by atoms with Crippen LogP contribution in [0.5, 0.6) is 0 Å². The Hall–Kier alpha value is -3.11. The average Bonchev–Trinajstić information content (AvgIpc) is 3.39. The van der Waals surface area contributed by atoms with Gasteiger partial charge in [0, 0.05) is 19.6 Å². The van der Waals surface area contributed by atoms with Gasteiger partial charge < -0.3 is 14.5 Å². The van der Waals surface area contributed by atoms with E-state index in [1.54, 1.807) is 6.92 Å². The maximum atomic E-state index is 13.4. The smallest absolute Gasteiger partial charge is 0.418 e. The molecule has 1 fully saturated rings. The predicted molar refractivity (Wildman–Crippen MR) is 114 cm³/mol. The molecule has 0 aliphatic carbocycles. The van der Waals surface area contributed by atoms with Crippen LogP contribution in [0.3, 0.4) is 0 Å². The van der Waals surface area contributed by atoms with Crippen molar-refractivity contribution in [2.75, 3.05) is 32.8 Å². The van der Waals surface area contributed by atoms with Crippen molar-refractivity contribution in [2.24, 2.45) is 0 Å². The van der Waals surface area contributed by atoms with E-state index in [0.717, 1.165) is 22.3 Å². The molecule has 0 unspecified atom stereocenters. The summed E-state index contributed by atoms with van der Waals surface area (Å²) in [4.78, 5) is 15.1. The molecule has 1 atom stereocenters. The van der Waals surface area contributed by atoms with E-state index in [-0.39, 0.29) is 23.8 Å². The van der Waals surface area contributed by atoms with Crippen LogP contribution in [0, 0.1) is 13.8 Å². The molecule has 2 aromatic heterocycles. The largest absolute Gasteiger partial charge is 0.465 e. The van der Waals surface area contributed by atoms with Gasteiger partial charge in [-0.2, -0.15) is 18.3 Å². The first-order valence-corrected chi connectivity index (χ1v) is 10.6. The van der Waals surface area contributed by atoms with E-state index in [9.17, 15) is 18.0 Å². The van der Waals surface area contributed by atoms with Gasteiger partial charge in [0.1, 0.15) is 11.5 Å². The summed E-state index contributed by atoms with van der Waals surface area (Å²) in [6.07, 6.45) is -3.25. The van der Waals surface area contributed by atoms with E-state index >= 15 is 0 Å². The van der Waals surface area contributed by atoms with Crippen LogP contribution in [0.1, 0.15) is 39.2 Å². The Kier molecular flexibility index (Phi) is 6.57. The Bertz CT molecular complexity index is 1120. The fraction of sp³-hybridized carbons (Fsp3) is 0.391. The monoisotopic (exact) mass is 462 g/mol. The number of ether oxygens (including phenoxy) is 1. The van der Waals surface area contributed by atoms with Gasteiger partial charge in [-0.1, -0.05) is 12.1 Å². The number of hydrogen-bond donors (Lipinski definition) is 1. The van der Waals surface area contributed by atoms with Gasteiger partial charge in [-0.3, -0.25) is 9.69 Å². The lowest BCUT2D eigenvalue weighted by molar-refractivity contribution is -0.137. The van der Waals surface area contributed by atoms with Crippen molar-refractivity contribution in [1.82, 2.24) is 20.0 Å². The number of carbonyl (C=O) groups excluding carboxylic acids is 1. The zero-order valence-corrected chi connectivity index (χ0v) is 18.4. The summed E-state index contributed by atoms with van der Waals surface area (Å²) in [5.74, 6) is 1.10. The summed E-state index contributed by atoms with van der Waals surface area (Å²) >= 11 is 0. The summed E-state index contributed by atoms with van der Waals surface area (Å²) in [7, 11) is 0. The molecule has 0 spiro atoms. The molecule has 1 aromatic carbocycles. The zero-order valence-electron chi connectivity index (χ0n) is 18.4. The van der Waals surface area contributed by atoms with Gasteiger partial charge in [-0.25, -0.2) is 4.68 Å². The third-order valence-electron chi connectivity index (χ3n) is 5.72. The first-order chi connectivity index (χ1) is 15.8. The number of alkyl halides is 3. The van der Waals surface area contributed by atoms with Crippen molar-refractivity contribution < 1.29 is 27.1 Å². The van der Waals surface area contributed by atoms with Crippen molar-refractivity contribution in [2.45, 2.75) is 26.1 Å². The molecule has 4 rings (SSSR count). The van der Waals surface area contributed by atoms with Crippen molar-refractivity contribution in [3.63, 3.8) is 0 Å². The molecule has 3 heterocycles. The zero-order chi connectivity index (χ0) is 23.6. The number of nitrogens with zero attached hydrogens (tertiary/aromatic N) is 3. The molecule has 0 radical (unpaired) electrons. The maximum Gasteiger partial charge on any atom is 0.418 e. The number of halogens is 3. The number of benzene rings is 1. The molecule has 3 aromatic rings. The lowest BCUT2D eigenvalue weighted by Crippen LogP contribution is -2.43. The number of nitrogens with one attached hydrogen (secondary N) is 1. The third-order valence-corrected chi connectivity index (χ3v) is 5.72. The molecule has 33 heavy (non-hydrogen) atoms. The Morgan fingerprint density at radius 1 is 1.15 bits per heavy atom. The van der Waals surface area contributed by atoms with Gasteiger partial charge in [0.2, 0.25) is 0 Å². The highest BCUT2D eigenvalue weighted by atomic mass is 19.4. The molecular formula is C23H25F3N4O3. The summed E-state index contributed by atoms with van der Waals surface area (Å²) in [5.41, 5.74) is -0.410. The van der Waals surface area contributed by atoms with E-state index in [2.05, 4.69) is 15.3 Å². The summed E-state index contributed by atoms with van der Waals surface area (Å²) in [6, 6.07) is 8.72. The molecule has 0 saturated carbocycles. The van der Waals surface area contributed by atoms with Crippen molar-refractivity contribution in [3.8, 4) is 5.69 Å². The quantitative estimate of drug-likeness (QED) is 0.602.